The van der Waals surface area contributed by atoms with Gasteiger partial charge in [0, 0.05) is 11.1 Å². The van der Waals surface area contributed by atoms with Gasteiger partial charge in [-0.3, -0.25) is 0 Å². The summed E-state index contributed by atoms with van der Waals surface area (Å²) in [7, 11) is -1.75. The normalized spacial score (nSPS) is 20.1. The predicted octanol–water partition coefficient (Wildman–Crippen LogP) is 2.81. The molecular weight excluding hydrogens is 219 g/mol. The maximum absolute atomic E-state index is 12.1. The fourth-order valence-corrected chi connectivity index (χ4v) is 3.53. The lowest BCUT2D eigenvalue weighted by molar-refractivity contribution is 0.259. The number of fused-ring (bicyclic) bond motifs is 3. The zero-order valence-electron chi connectivity index (χ0n) is 8.50. The Morgan fingerprint density at radius 1 is 0.938 bits per heavy atom. The Kier molecular flexibility index (Phi) is 2.13. The van der Waals surface area contributed by atoms with Gasteiger partial charge in [-0.15, -0.1) is 0 Å². The molecule has 0 bridgehead atoms. The van der Waals surface area contributed by atoms with Crippen molar-refractivity contribution in [3.63, 3.8) is 0 Å². The van der Waals surface area contributed by atoms with Gasteiger partial charge >= 0.3 is 7.80 Å². The number of benzene rings is 2. The van der Waals surface area contributed by atoms with Crippen LogP contribution in [0.5, 0.6) is 0 Å². The monoisotopic (exact) mass is 229 g/mol. The van der Waals surface area contributed by atoms with Crippen molar-refractivity contribution >= 4 is 13.1 Å². The average molecular weight is 229 g/mol. The number of hydrogen-bond acceptors (Lipinski definition) is 2. The van der Waals surface area contributed by atoms with Crippen LogP contribution in [-0.4, -0.2) is 5.11 Å². The molecule has 0 aliphatic carbocycles. The third-order valence-electron chi connectivity index (χ3n) is 2.89. The fraction of sp³-hybridized carbons (Fsp3) is 0.0769. The van der Waals surface area contributed by atoms with E-state index in [0.29, 0.717) is 0 Å². The maximum Gasteiger partial charge on any atom is 0.414 e. The highest BCUT2D eigenvalue weighted by Gasteiger charge is 2.40. The summed E-state index contributed by atoms with van der Waals surface area (Å²) in [5.74, 6) is -0.874. The number of rotatable bonds is 0. The summed E-state index contributed by atoms with van der Waals surface area (Å²) in [6.45, 7) is 0. The lowest BCUT2D eigenvalue weighted by atomic mass is 9.99. The molecule has 0 saturated carbocycles. The van der Waals surface area contributed by atoms with E-state index in [1.54, 1.807) is 0 Å². The van der Waals surface area contributed by atoms with Gasteiger partial charge in [0.25, 0.3) is 5.85 Å². The highest BCUT2D eigenvalue weighted by atomic mass is 31.1. The van der Waals surface area contributed by atoms with Gasteiger partial charge in [0.2, 0.25) is 5.30 Å². The molecule has 0 saturated heterocycles. The standard InChI is InChI=1S/C13H10O2P/c14-13-11-7-2-1-5-9(11)10-6-3-4-8-12(10)16(13)15/h1-8,13-14H/q+1. The van der Waals surface area contributed by atoms with E-state index >= 15 is 0 Å². The van der Waals surface area contributed by atoms with Crippen molar-refractivity contribution in [3.05, 3.63) is 54.1 Å². The van der Waals surface area contributed by atoms with Gasteiger partial charge in [0.15, 0.2) is 0 Å². The molecule has 1 aliphatic heterocycles. The third-order valence-corrected chi connectivity index (χ3v) is 4.48. The second kappa shape index (κ2) is 3.51. The summed E-state index contributed by atoms with van der Waals surface area (Å²) in [5.41, 5.74) is 2.73. The smallest absolute Gasteiger partial charge is 0.347 e. The minimum absolute atomic E-state index is 0.753. The Hall–Kier alpha value is -1.50. The Balaban J connectivity index is 2.37. The van der Waals surface area contributed by atoms with E-state index in [2.05, 4.69) is 0 Å². The quantitative estimate of drug-likeness (QED) is 0.705. The molecule has 0 radical (unpaired) electrons. The van der Waals surface area contributed by atoms with Gasteiger partial charge in [-0.25, -0.2) is 0 Å². The molecule has 1 heterocycles. The number of hydrogen-bond donors (Lipinski definition) is 1. The summed E-state index contributed by atoms with van der Waals surface area (Å²) in [5, 5.41) is 10.7. The summed E-state index contributed by atoms with van der Waals surface area (Å²) in [4.78, 5) is 0. The third kappa shape index (κ3) is 1.24. The molecule has 2 unspecified atom stereocenters. The zero-order chi connectivity index (χ0) is 11.1. The van der Waals surface area contributed by atoms with Crippen LogP contribution in [0.15, 0.2) is 48.5 Å². The fourth-order valence-electron chi connectivity index (χ4n) is 2.12. The van der Waals surface area contributed by atoms with Crippen LogP contribution in [0.3, 0.4) is 0 Å². The van der Waals surface area contributed by atoms with Crippen LogP contribution in [0.2, 0.25) is 0 Å². The topological polar surface area (TPSA) is 37.3 Å². The van der Waals surface area contributed by atoms with E-state index in [4.69, 9.17) is 0 Å². The lowest BCUT2D eigenvalue weighted by Crippen LogP contribution is -2.13. The van der Waals surface area contributed by atoms with Gasteiger partial charge < -0.3 is 5.11 Å². The molecule has 2 aromatic rings. The van der Waals surface area contributed by atoms with Crippen molar-refractivity contribution in [2.24, 2.45) is 0 Å². The molecule has 2 aromatic carbocycles. The van der Waals surface area contributed by atoms with Crippen LogP contribution in [0, 0.1) is 0 Å². The van der Waals surface area contributed by atoms with Gasteiger partial charge in [-0.1, -0.05) is 41.0 Å². The predicted molar refractivity (Wildman–Crippen MR) is 64.1 cm³/mol. The second-order valence-corrected chi connectivity index (χ2v) is 5.43. The molecule has 2 atom stereocenters. The van der Waals surface area contributed by atoms with Crippen LogP contribution < -0.4 is 5.30 Å². The largest absolute Gasteiger partial charge is 0.414 e. The first-order chi connectivity index (χ1) is 7.79. The Morgan fingerprint density at radius 2 is 1.56 bits per heavy atom. The minimum Gasteiger partial charge on any atom is -0.347 e. The molecule has 78 valence electrons. The van der Waals surface area contributed by atoms with Gasteiger partial charge in [-0.05, 0) is 17.7 Å². The highest BCUT2D eigenvalue weighted by molar-refractivity contribution is 7.54. The second-order valence-electron chi connectivity index (χ2n) is 3.80. The molecule has 0 spiro atoms. The van der Waals surface area contributed by atoms with E-state index in [0.717, 1.165) is 22.0 Å². The Labute approximate surface area is 94.3 Å². The van der Waals surface area contributed by atoms with E-state index in [1.165, 1.54) is 0 Å². The first-order valence-corrected chi connectivity index (χ1v) is 6.44. The average Bonchev–Trinajstić information content (AvgIpc) is 2.36. The van der Waals surface area contributed by atoms with Crippen molar-refractivity contribution in [1.82, 2.24) is 0 Å². The summed E-state index contributed by atoms with van der Waals surface area (Å²) >= 11 is 0. The van der Waals surface area contributed by atoms with Crippen molar-refractivity contribution in [2.45, 2.75) is 5.85 Å². The molecule has 2 nitrogen and oxygen atoms in total. The molecule has 0 aromatic heterocycles. The number of aliphatic hydroxyl groups is 1. The SMILES string of the molecule is O=[P+]1c2ccccc2-c2ccccc2C1O. The molecule has 0 amide bonds. The van der Waals surface area contributed by atoms with Crippen LogP contribution >= 0.6 is 7.80 Å². The van der Waals surface area contributed by atoms with Crippen molar-refractivity contribution < 1.29 is 9.67 Å². The van der Waals surface area contributed by atoms with Gasteiger partial charge in [0.05, 0.1) is 0 Å². The minimum atomic E-state index is -1.75. The number of aliphatic hydroxyl groups excluding tert-OH is 1. The first kappa shape index (κ1) is 9.71. The van der Waals surface area contributed by atoms with Gasteiger partial charge in [-0.2, -0.15) is 0 Å². The van der Waals surface area contributed by atoms with Crippen LogP contribution in [0.4, 0.5) is 0 Å². The van der Waals surface area contributed by atoms with Crippen LogP contribution in [0.1, 0.15) is 11.4 Å². The molecule has 1 N–H and O–H groups in total. The van der Waals surface area contributed by atoms with E-state index in [9.17, 15) is 9.67 Å². The summed E-state index contributed by atoms with van der Waals surface area (Å²) in [6.07, 6.45) is 0. The van der Waals surface area contributed by atoms with Crippen LogP contribution in [0.25, 0.3) is 11.1 Å². The summed E-state index contributed by atoms with van der Waals surface area (Å²) in [6, 6.07) is 15.1. The lowest BCUT2D eigenvalue weighted by Gasteiger charge is -2.15. The van der Waals surface area contributed by atoms with Crippen molar-refractivity contribution in [3.8, 4) is 11.1 Å². The molecule has 0 fully saturated rings. The molecular formula is C13H10O2P+. The molecule has 16 heavy (non-hydrogen) atoms. The highest BCUT2D eigenvalue weighted by Crippen LogP contribution is 2.47. The van der Waals surface area contributed by atoms with Crippen molar-refractivity contribution in [1.29, 1.82) is 0 Å². The first-order valence-electron chi connectivity index (χ1n) is 5.12. The molecule has 3 heteroatoms. The molecule has 3 rings (SSSR count). The zero-order valence-corrected chi connectivity index (χ0v) is 9.39. The Bertz CT molecular complexity index is 578. The van der Waals surface area contributed by atoms with Crippen LogP contribution in [-0.2, 0) is 4.57 Å². The van der Waals surface area contributed by atoms with E-state index in [-0.39, 0.29) is 0 Å². The summed E-state index contributed by atoms with van der Waals surface area (Å²) < 4.78 is 12.1. The van der Waals surface area contributed by atoms with E-state index in [1.807, 2.05) is 48.5 Å². The maximum atomic E-state index is 12.1. The van der Waals surface area contributed by atoms with Gasteiger partial charge in [0.1, 0.15) is 0 Å². The van der Waals surface area contributed by atoms with E-state index < -0.39 is 13.6 Å². The Morgan fingerprint density at radius 3 is 2.38 bits per heavy atom. The molecule has 1 aliphatic rings. The van der Waals surface area contributed by atoms with Crippen molar-refractivity contribution in [2.75, 3.05) is 0 Å².